The van der Waals surface area contributed by atoms with Gasteiger partial charge in [0.1, 0.15) is 0 Å². The summed E-state index contributed by atoms with van der Waals surface area (Å²) >= 11 is 0. The van der Waals surface area contributed by atoms with Gasteiger partial charge in [-0.25, -0.2) is 0 Å². The summed E-state index contributed by atoms with van der Waals surface area (Å²) in [6.45, 7) is 0. The van der Waals surface area contributed by atoms with Crippen molar-refractivity contribution in [3.8, 4) is 90.3 Å². The number of benzene rings is 17. The average Bonchev–Trinajstić information content (AvgIpc) is 1.55. The summed E-state index contributed by atoms with van der Waals surface area (Å²) in [6, 6.07) is 120. The van der Waals surface area contributed by atoms with Gasteiger partial charge in [-0.3, -0.25) is 4.98 Å². The molecule has 0 aliphatic rings. The number of pyridine rings is 1. The first-order chi connectivity index (χ1) is 48.4. The maximum Gasteiger partial charge on any atom is 0.0991 e. The van der Waals surface area contributed by atoms with Crippen LogP contribution in [0.25, 0.3) is 186 Å². The molecule has 3 heterocycles. The summed E-state index contributed by atoms with van der Waals surface area (Å²) in [5.74, 6) is 0. The molecule has 0 bridgehead atoms. The molecule has 0 amide bonds. The van der Waals surface area contributed by atoms with Gasteiger partial charge in [0.25, 0.3) is 0 Å². The van der Waals surface area contributed by atoms with Crippen molar-refractivity contribution in [2.45, 2.75) is 0 Å². The van der Waals surface area contributed by atoms with Crippen LogP contribution in [-0.4, -0.2) is 14.1 Å². The van der Waals surface area contributed by atoms with Gasteiger partial charge in [0, 0.05) is 50.9 Å². The van der Waals surface area contributed by atoms with Crippen LogP contribution in [0.15, 0.2) is 334 Å². The molecule has 20 rings (SSSR count). The Labute approximate surface area is 564 Å². The molecule has 5 nitrogen and oxygen atoms in total. The molecule has 20 aromatic rings. The van der Waals surface area contributed by atoms with Crippen molar-refractivity contribution in [1.82, 2.24) is 14.1 Å². The van der Waals surface area contributed by atoms with Gasteiger partial charge in [-0.2, -0.15) is 10.5 Å². The fraction of sp³-hybridized carbons (Fsp3) is 0. The molecule has 0 atom stereocenters. The molecule has 0 fully saturated rings. The molecule has 0 radical (unpaired) electrons. The van der Waals surface area contributed by atoms with E-state index in [0.717, 1.165) is 82.8 Å². The number of fused-ring (bicyclic) bond motifs is 6. The molecule has 0 unspecified atom stereocenters. The van der Waals surface area contributed by atoms with Gasteiger partial charge in [0.05, 0.1) is 45.3 Å². The lowest BCUT2D eigenvalue weighted by Crippen LogP contribution is -1.93. The summed E-state index contributed by atoms with van der Waals surface area (Å²) in [6.07, 6.45) is 3.75. The molecule has 98 heavy (non-hydrogen) atoms. The molecule has 0 saturated heterocycles. The van der Waals surface area contributed by atoms with Gasteiger partial charge < -0.3 is 9.13 Å². The lowest BCUT2D eigenvalue weighted by Gasteiger charge is -2.15. The Hall–Kier alpha value is -13.5. The Bertz CT molecular complexity index is 6100. The zero-order valence-electron chi connectivity index (χ0n) is 53.0. The molecule has 0 saturated carbocycles. The third-order valence-corrected chi connectivity index (χ3v) is 20.1. The quantitative estimate of drug-likeness (QED) is 0.142. The van der Waals surface area contributed by atoms with E-state index in [1.54, 1.807) is 0 Å². The highest BCUT2D eigenvalue weighted by Crippen LogP contribution is 2.44. The normalized spacial score (nSPS) is 11.7. The van der Waals surface area contributed by atoms with Gasteiger partial charge in [-0.1, -0.05) is 182 Å². The van der Waals surface area contributed by atoms with Crippen molar-refractivity contribution < 1.29 is 0 Å². The molecule has 0 aliphatic heterocycles. The number of nitrogens with zero attached hydrogens (tertiary/aromatic N) is 5. The van der Waals surface area contributed by atoms with E-state index in [0.29, 0.717) is 11.1 Å². The zero-order valence-corrected chi connectivity index (χ0v) is 53.0. The number of hydrogen-bond acceptors (Lipinski definition) is 3. The number of nitriles is 2. The Morgan fingerprint density at radius 3 is 0.827 bits per heavy atom. The predicted octanol–water partition coefficient (Wildman–Crippen LogP) is 24.5. The third kappa shape index (κ3) is 9.33. The van der Waals surface area contributed by atoms with Gasteiger partial charge in [-0.15, -0.1) is 0 Å². The van der Waals surface area contributed by atoms with E-state index in [-0.39, 0.29) is 0 Å². The second-order valence-corrected chi connectivity index (χ2v) is 25.7. The fourth-order valence-electron chi connectivity index (χ4n) is 15.5. The Morgan fingerprint density at radius 1 is 0.224 bits per heavy atom. The van der Waals surface area contributed by atoms with E-state index in [2.05, 4.69) is 305 Å². The summed E-state index contributed by atoms with van der Waals surface area (Å²) < 4.78 is 4.57. The Balaban J connectivity index is 0.000000137. The molecule has 0 spiro atoms. The second kappa shape index (κ2) is 22.6. The highest BCUT2D eigenvalue weighted by molar-refractivity contribution is 6.26. The minimum Gasteiger partial charge on any atom is -0.309 e. The first-order valence-electron chi connectivity index (χ1n) is 33.1. The number of rotatable bonds is 8. The first kappa shape index (κ1) is 56.1. The maximum atomic E-state index is 9.68. The van der Waals surface area contributed by atoms with Gasteiger partial charge in [0.15, 0.2) is 0 Å². The van der Waals surface area contributed by atoms with Crippen LogP contribution in [-0.2, 0) is 0 Å². The fourth-order valence-corrected chi connectivity index (χ4v) is 15.5. The van der Waals surface area contributed by atoms with Crippen LogP contribution in [0.3, 0.4) is 0 Å². The van der Waals surface area contributed by atoms with Gasteiger partial charge in [-0.05, 0) is 265 Å². The van der Waals surface area contributed by atoms with E-state index in [1.165, 1.54) is 104 Å². The van der Waals surface area contributed by atoms with Crippen molar-refractivity contribution in [2.75, 3.05) is 0 Å². The van der Waals surface area contributed by atoms with Gasteiger partial charge in [0.2, 0.25) is 0 Å². The number of hydrogen-bond donors (Lipinski definition) is 0. The lowest BCUT2D eigenvalue weighted by molar-refractivity contribution is 1.18. The summed E-state index contributed by atoms with van der Waals surface area (Å²) in [7, 11) is 0. The van der Waals surface area contributed by atoms with Crippen molar-refractivity contribution in [3.63, 3.8) is 0 Å². The summed E-state index contributed by atoms with van der Waals surface area (Å²) in [4.78, 5) is 4.33. The monoisotopic (exact) mass is 1240 g/mol. The average molecular weight is 1240 g/mol. The minimum atomic E-state index is 0.664. The Kier molecular flexibility index (Phi) is 13.0. The molecule has 0 N–H and O–H groups in total. The van der Waals surface area contributed by atoms with Crippen LogP contribution in [0, 0.1) is 22.7 Å². The smallest absolute Gasteiger partial charge is 0.0991 e. The van der Waals surface area contributed by atoms with Crippen LogP contribution in [0.5, 0.6) is 0 Å². The number of para-hydroxylation sites is 2. The predicted molar refractivity (Wildman–Crippen MR) is 409 cm³/mol. The molecule has 0 aliphatic carbocycles. The second-order valence-electron chi connectivity index (χ2n) is 25.7. The SMILES string of the molecule is N#Cc1ccc2c(c1)c1cc(-c3ccc(-c4cc5ccc6cc(-c7ccccc7)cc7ccc(c4)c5c67)cc3)ccc1n2-c1ccccc1.N#Cc1ccc2c(c1)c1cc(-c3ccc(-c4cc5ccc6cc(-c7cccnc7)cc7ccc(c4)c5c67)cc3)ccc1n2-c1ccccc1. The molecule has 17 aromatic carbocycles. The lowest BCUT2D eigenvalue weighted by atomic mass is 9.89. The molecule has 3 aromatic heterocycles. The molecular formula is C93H55N5. The largest absolute Gasteiger partial charge is 0.309 e. The van der Waals surface area contributed by atoms with Gasteiger partial charge >= 0.3 is 0 Å². The minimum absolute atomic E-state index is 0.664. The van der Waals surface area contributed by atoms with E-state index in [1.807, 2.05) is 54.9 Å². The standard InChI is InChI=1S/C47H28N2.C46H27N3/c48-29-30-11-21-44-42(23-30)43-28-34(20-22-45(43)49(44)41-9-5-2-6-10-41)32-12-14-33(15-13-32)40-26-37-18-16-35-24-39(31-7-3-1-4-8-31)25-36-17-19-38(27-40)47(37)46(35)36;47-27-29-8-18-43-41(21-29)42-26-32(17-19-44(42)49(43)40-6-2-1-3-7-40)30-9-11-31(12-10-30)38-22-33-13-15-35-24-39(37-5-4-20-48-28-37)25-36-16-14-34(23-38)45(33)46(35)36/h1-28H;1-26,28H. The number of aromatic nitrogens is 3. The van der Waals surface area contributed by atoms with E-state index < -0.39 is 0 Å². The van der Waals surface area contributed by atoms with Crippen LogP contribution >= 0.6 is 0 Å². The van der Waals surface area contributed by atoms with E-state index >= 15 is 0 Å². The van der Waals surface area contributed by atoms with E-state index in [4.69, 9.17) is 0 Å². The third-order valence-electron chi connectivity index (χ3n) is 20.1. The van der Waals surface area contributed by atoms with Crippen LogP contribution < -0.4 is 0 Å². The van der Waals surface area contributed by atoms with Crippen LogP contribution in [0.2, 0.25) is 0 Å². The Morgan fingerprint density at radius 2 is 0.500 bits per heavy atom. The summed E-state index contributed by atoms with van der Waals surface area (Å²) in [5, 5.41) is 39.2. The van der Waals surface area contributed by atoms with Crippen molar-refractivity contribution in [3.05, 3.63) is 345 Å². The maximum absolute atomic E-state index is 9.68. The molecule has 5 heteroatoms. The topological polar surface area (TPSA) is 70.3 Å². The van der Waals surface area contributed by atoms with Crippen molar-refractivity contribution >= 4 is 108 Å². The zero-order chi connectivity index (χ0) is 65.0. The molecular weight excluding hydrogens is 1190 g/mol. The highest BCUT2D eigenvalue weighted by atomic mass is 15.0. The van der Waals surface area contributed by atoms with Crippen LogP contribution in [0.4, 0.5) is 0 Å². The molecule has 452 valence electrons. The first-order valence-corrected chi connectivity index (χ1v) is 33.1. The van der Waals surface area contributed by atoms with Crippen LogP contribution in [0.1, 0.15) is 11.1 Å². The van der Waals surface area contributed by atoms with E-state index in [9.17, 15) is 10.5 Å². The van der Waals surface area contributed by atoms with Crippen molar-refractivity contribution in [2.24, 2.45) is 0 Å². The van der Waals surface area contributed by atoms with Crippen molar-refractivity contribution in [1.29, 1.82) is 10.5 Å². The summed E-state index contributed by atoms with van der Waals surface area (Å²) in [5.41, 5.74) is 22.2. The highest BCUT2D eigenvalue weighted by Gasteiger charge is 2.19.